The molecule has 2 unspecified atom stereocenters. The first-order valence-electron chi connectivity index (χ1n) is 18.6. The van der Waals surface area contributed by atoms with Crippen LogP contribution in [0.4, 0.5) is 22.1 Å². The van der Waals surface area contributed by atoms with Crippen LogP contribution in [0.1, 0.15) is 74.3 Å². The number of hydrogen-bond donors (Lipinski definition) is 0. The molecule has 13 nitrogen and oxygen atoms in total. The van der Waals surface area contributed by atoms with Crippen LogP contribution in [0.5, 0.6) is 0 Å². The number of methoxy groups -OCH3 is 1. The number of azo groups is 1. The molecular weight excluding hydrogens is 699 g/mol. The van der Waals surface area contributed by atoms with E-state index in [0.717, 1.165) is 49.3 Å². The van der Waals surface area contributed by atoms with Gasteiger partial charge in [-0.05, 0) is 62.4 Å². The maximum Gasteiger partial charge on any atom is 0.309 e. The van der Waals surface area contributed by atoms with Crippen molar-refractivity contribution in [1.82, 2.24) is 0 Å². The lowest BCUT2D eigenvalue weighted by atomic mass is 9.79. The Morgan fingerprint density at radius 3 is 2.09 bits per heavy atom. The smallest absolute Gasteiger partial charge is 0.309 e. The quantitative estimate of drug-likeness (QED) is 0.0421. The number of ether oxygens (including phenoxy) is 6. The van der Waals surface area contributed by atoms with Gasteiger partial charge in [0.05, 0.1) is 88.9 Å². The Labute approximate surface area is 318 Å². The van der Waals surface area contributed by atoms with E-state index in [0.29, 0.717) is 80.2 Å². The zero-order chi connectivity index (χ0) is 38.3. The van der Waals surface area contributed by atoms with Crippen molar-refractivity contribution in [3.05, 3.63) is 45.6 Å². The zero-order valence-corrected chi connectivity index (χ0v) is 32.5. The third-order valence-electron chi connectivity index (χ3n) is 9.05. The van der Waals surface area contributed by atoms with Gasteiger partial charge in [0.25, 0.3) is 0 Å². The number of hydrogen-bond acceptors (Lipinski definition) is 13. The van der Waals surface area contributed by atoms with Crippen LogP contribution in [-0.4, -0.2) is 91.6 Å². The van der Waals surface area contributed by atoms with Gasteiger partial charge >= 0.3 is 11.9 Å². The van der Waals surface area contributed by atoms with Gasteiger partial charge in [0.2, 0.25) is 5.69 Å². The van der Waals surface area contributed by atoms with Crippen molar-refractivity contribution in [3.8, 4) is 6.07 Å². The number of nitrogens with zero attached hydrogens (tertiary/aromatic N) is 5. The van der Waals surface area contributed by atoms with Crippen molar-refractivity contribution in [2.24, 2.45) is 22.1 Å². The Bertz CT molecular complexity index is 1530. The Kier molecular flexibility index (Phi) is 20.6. The first kappa shape index (κ1) is 43.5. The highest BCUT2D eigenvalue weighted by Gasteiger charge is 2.37. The van der Waals surface area contributed by atoms with Crippen LogP contribution < -0.4 is 4.90 Å². The molecule has 0 saturated heterocycles. The summed E-state index contributed by atoms with van der Waals surface area (Å²) in [7, 11) is 1.35. The van der Waals surface area contributed by atoms with Gasteiger partial charge < -0.3 is 33.3 Å². The fraction of sp³-hybridized carbons (Fsp3) is 0.641. The highest BCUT2D eigenvalue weighted by Crippen LogP contribution is 2.42. The van der Waals surface area contributed by atoms with Gasteiger partial charge in [0, 0.05) is 18.8 Å². The molecule has 1 aromatic heterocycles. The Morgan fingerprint density at radius 1 is 0.887 bits per heavy atom. The molecule has 3 rings (SSSR count). The standard InChI is InChI=1S/C39H55N5O8S/c1-6-7-8-11-16-44(31-14-15-34(29(2)27-31)42-43-37-36(41-4)30(3)35(28-40)53-37)17-18-48-19-20-49-21-22-50-23-24-51-25-26-52-39(46)33-13-10-9-12-32(33)38(45)47-5/h14-15,27,32-33H,6-13,16-26H2,1-3,5H3. The third kappa shape index (κ3) is 14.8. The Balaban J connectivity index is 1.29. The van der Waals surface area contributed by atoms with E-state index in [1.54, 1.807) is 6.92 Å². The monoisotopic (exact) mass is 753 g/mol. The predicted molar refractivity (Wildman–Crippen MR) is 203 cm³/mol. The minimum Gasteiger partial charge on any atom is -0.469 e. The molecular formula is C39H55N5O8S. The van der Waals surface area contributed by atoms with Crippen LogP contribution in [-0.2, 0) is 38.0 Å². The number of carbonyl (C=O) groups excluding carboxylic acids is 2. The van der Waals surface area contributed by atoms with Crippen molar-refractivity contribution in [2.45, 2.75) is 72.1 Å². The second kappa shape index (κ2) is 25.2. The summed E-state index contributed by atoms with van der Waals surface area (Å²) in [6.45, 7) is 18.7. The van der Waals surface area contributed by atoms with Gasteiger partial charge in [-0.25, -0.2) is 4.85 Å². The maximum absolute atomic E-state index is 12.4. The molecule has 0 amide bonds. The fourth-order valence-corrected chi connectivity index (χ4v) is 6.90. The highest BCUT2D eigenvalue weighted by molar-refractivity contribution is 7.17. The van der Waals surface area contributed by atoms with E-state index in [1.807, 2.05) is 19.1 Å². The Hall–Kier alpha value is -3.92. The summed E-state index contributed by atoms with van der Waals surface area (Å²) in [5.41, 5.74) is 3.81. The Morgan fingerprint density at radius 2 is 1.51 bits per heavy atom. The lowest BCUT2D eigenvalue weighted by Gasteiger charge is -2.27. The van der Waals surface area contributed by atoms with Gasteiger partial charge in [-0.3, -0.25) is 9.59 Å². The van der Waals surface area contributed by atoms with Gasteiger partial charge in [-0.1, -0.05) is 39.0 Å². The number of nitriles is 1. The number of aryl methyl sites for hydroxylation is 1. The van der Waals surface area contributed by atoms with Gasteiger partial charge in [0.1, 0.15) is 17.7 Å². The van der Waals surface area contributed by atoms with Crippen LogP contribution in [0.15, 0.2) is 28.4 Å². The molecule has 2 atom stereocenters. The highest BCUT2D eigenvalue weighted by atomic mass is 32.1. The van der Waals surface area contributed by atoms with Crippen molar-refractivity contribution < 1.29 is 38.0 Å². The third-order valence-corrected chi connectivity index (χ3v) is 10.1. The number of esters is 2. The second-order valence-corrected chi connectivity index (χ2v) is 13.8. The average molecular weight is 754 g/mol. The van der Waals surface area contributed by atoms with Crippen molar-refractivity contribution in [3.63, 3.8) is 0 Å². The molecule has 0 radical (unpaired) electrons. The minimum atomic E-state index is -0.441. The molecule has 1 aliphatic rings. The molecule has 53 heavy (non-hydrogen) atoms. The molecule has 1 saturated carbocycles. The van der Waals surface area contributed by atoms with E-state index in [2.05, 4.69) is 39.0 Å². The van der Waals surface area contributed by atoms with Crippen LogP contribution in [0.25, 0.3) is 4.85 Å². The van der Waals surface area contributed by atoms with E-state index in [-0.39, 0.29) is 25.2 Å². The van der Waals surface area contributed by atoms with E-state index >= 15 is 0 Å². The van der Waals surface area contributed by atoms with Gasteiger partial charge in [-0.15, -0.1) is 11.3 Å². The molecule has 0 N–H and O–H groups in total. The maximum atomic E-state index is 12.4. The summed E-state index contributed by atoms with van der Waals surface area (Å²) in [5.74, 6) is -1.56. The molecule has 0 bridgehead atoms. The van der Waals surface area contributed by atoms with E-state index in [4.69, 9.17) is 35.0 Å². The van der Waals surface area contributed by atoms with Crippen LogP contribution >= 0.6 is 11.3 Å². The lowest BCUT2D eigenvalue weighted by molar-refractivity contribution is -0.162. The molecule has 1 heterocycles. The molecule has 290 valence electrons. The summed E-state index contributed by atoms with van der Waals surface area (Å²) in [6.07, 6.45) is 7.76. The van der Waals surface area contributed by atoms with Crippen LogP contribution in [0.2, 0.25) is 0 Å². The topological polar surface area (TPSA) is 146 Å². The first-order chi connectivity index (χ1) is 25.8. The molecule has 1 aromatic carbocycles. The SMILES string of the molecule is [C-]#[N+]c1c(N=Nc2ccc(N(CCCCCC)CCOCCOCCOCCOCCOC(=O)C3CCCCC3C(=O)OC)cc2C)sc(C#N)c1C. The van der Waals surface area contributed by atoms with E-state index < -0.39 is 11.8 Å². The number of carbonyl (C=O) groups is 2. The molecule has 0 spiro atoms. The van der Waals surface area contributed by atoms with Crippen molar-refractivity contribution in [1.29, 1.82) is 5.26 Å². The van der Waals surface area contributed by atoms with Crippen LogP contribution in [0, 0.1) is 43.6 Å². The fourth-order valence-electron chi connectivity index (χ4n) is 6.03. The molecule has 14 heteroatoms. The van der Waals surface area contributed by atoms with Crippen molar-refractivity contribution in [2.75, 3.05) is 84.6 Å². The van der Waals surface area contributed by atoms with E-state index in [1.165, 1.54) is 37.7 Å². The summed E-state index contributed by atoms with van der Waals surface area (Å²) in [5, 5.41) is 18.5. The minimum absolute atomic E-state index is 0.135. The number of anilines is 1. The summed E-state index contributed by atoms with van der Waals surface area (Å²) in [4.78, 5) is 30.8. The summed E-state index contributed by atoms with van der Waals surface area (Å²) >= 11 is 1.19. The normalized spacial score (nSPS) is 15.6. The number of unbranched alkanes of at least 4 members (excludes halogenated alkanes) is 3. The second-order valence-electron chi connectivity index (χ2n) is 12.8. The molecule has 1 fully saturated rings. The predicted octanol–water partition coefficient (Wildman–Crippen LogP) is 8.18. The molecule has 2 aromatic rings. The summed E-state index contributed by atoms with van der Waals surface area (Å²) in [6, 6.07) is 8.22. The number of benzene rings is 1. The number of rotatable bonds is 25. The molecule has 1 aliphatic carbocycles. The zero-order valence-electron chi connectivity index (χ0n) is 31.7. The van der Waals surface area contributed by atoms with Gasteiger partial charge in [0.15, 0.2) is 0 Å². The van der Waals surface area contributed by atoms with Crippen LogP contribution in [0.3, 0.4) is 0 Å². The lowest BCUT2D eigenvalue weighted by Crippen LogP contribution is -2.35. The van der Waals surface area contributed by atoms with E-state index in [9.17, 15) is 14.9 Å². The van der Waals surface area contributed by atoms with Crippen molar-refractivity contribution >= 4 is 45.3 Å². The number of thiophene rings is 1. The largest absolute Gasteiger partial charge is 0.469 e. The average Bonchev–Trinajstić information content (AvgIpc) is 3.49. The summed E-state index contributed by atoms with van der Waals surface area (Å²) < 4.78 is 32.8. The first-order valence-corrected chi connectivity index (χ1v) is 19.4. The van der Waals surface area contributed by atoms with Gasteiger partial charge in [-0.2, -0.15) is 15.5 Å². The molecule has 0 aliphatic heterocycles.